The summed E-state index contributed by atoms with van der Waals surface area (Å²) in [6.45, 7) is 4.96. The largest absolute Gasteiger partial charge is 0.315 e. The van der Waals surface area contributed by atoms with Crippen LogP contribution >= 0.6 is 0 Å². The summed E-state index contributed by atoms with van der Waals surface area (Å²) in [7, 11) is 0. The second-order valence-corrected chi connectivity index (χ2v) is 5.54. The number of nitrogens with one attached hydrogen (secondary N) is 2. The third kappa shape index (κ3) is 2.46. The number of nitrogens with zero attached hydrogens (tertiary/aromatic N) is 5. The molecule has 1 saturated heterocycles. The summed E-state index contributed by atoms with van der Waals surface area (Å²) in [6, 6.07) is 2.02. The fourth-order valence-corrected chi connectivity index (χ4v) is 2.57. The molecule has 0 aromatic carbocycles. The molecular weight excluding hydrogens is 266 g/mol. The highest BCUT2D eigenvalue weighted by Gasteiger charge is 2.25. The van der Waals surface area contributed by atoms with Crippen LogP contribution in [0.5, 0.6) is 0 Å². The van der Waals surface area contributed by atoms with E-state index in [0.717, 1.165) is 30.9 Å². The van der Waals surface area contributed by atoms with E-state index in [1.165, 1.54) is 24.9 Å². The van der Waals surface area contributed by atoms with Gasteiger partial charge in [0, 0.05) is 29.9 Å². The first-order chi connectivity index (χ1) is 10.3. The second kappa shape index (κ2) is 4.83. The van der Waals surface area contributed by atoms with Gasteiger partial charge in [0.15, 0.2) is 5.82 Å². The molecule has 2 fully saturated rings. The first-order valence-corrected chi connectivity index (χ1v) is 7.26. The molecule has 3 heterocycles. The molecule has 1 aliphatic heterocycles. The highest BCUT2D eigenvalue weighted by molar-refractivity contribution is 5.51. The summed E-state index contributed by atoms with van der Waals surface area (Å²) in [4.78, 5) is 14.9. The first kappa shape index (κ1) is 12.3. The smallest absolute Gasteiger partial charge is 0.234 e. The van der Waals surface area contributed by atoms with Crippen molar-refractivity contribution < 1.29 is 0 Å². The average Bonchev–Trinajstić information content (AvgIpc) is 3.09. The minimum Gasteiger partial charge on any atom is -0.315 e. The van der Waals surface area contributed by atoms with Crippen LogP contribution in [-0.2, 0) is 0 Å². The van der Waals surface area contributed by atoms with Crippen molar-refractivity contribution in [3.63, 3.8) is 0 Å². The van der Waals surface area contributed by atoms with E-state index < -0.39 is 0 Å². The van der Waals surface area contributed by atoms with Gasteiger partial charge in [-0.2, -0.15) is 10.1 Å². The van der Waals surface area contributed by atoms with Crippen LogP contribution in [0, 0.1) is 0 Å². The molecule has 0 unspecified atom stereocenters. The molecule has 0 atom stereocenters. The predicted molar refractivity (Wildman–Crippen MR) is 79.4 cm³/mol. The first-order valence-electron chi connectivity index (χ1n) is 7.26. The van der Waals surface area contributed by atoms with Crippen LogP contribution in [-0.4, -0.2) is 31.7 Å². The quantitative estimate of drug-likeness (QED) is 0.896. The van der Waals surface area contributed by atoms with Crippen LogP contribution in [0.1, 0.15) is 37.3 Å². The van der Waals surface area contributed by atoms with Crippen molar-refractivity contribution in [2.24, 2.45) is 0 Å². The zero-order chi connectivity index (χ0) is 14.2. The van der Waals surface area contributed by atoms with E-state index in [-0.39, 0.29) is 0 Å². The minimum absolute atomic E-state index is 0.508. The van der Waals surface area contributed by atoms with Crippen molar-refractivity contribution >= 4 is 17.7 Å². The second-order valence-electron chi connectivity index (χ2n) is 5.54. The van der Waals surface area contributed by atoms with Crippen molar-refractivity contribution in [1.29, 1.82) is 0 Å². The van der Waals surface area contributed by atoms with Gasteiger partial charge in [0.25, 0.3) is 0 Å². The van der Waals surface area contributed by atoms with Gasteiger partial charge >= 0.3 is 0 Å². The van der Waals surface area contributed by atoms with Crippen molar-refractivity contribution in [3.8, 4) is 0 Å². The molecule has 1 aliphatic carbocycles. The Hall–Kier alpha value is -2.44. The molecule has 7 nitrogen and oxygen atoms in total. The maximum Gasteiger partial charge on any atom is 0.234 e. The highest BCUT2D eigenvalue weighted by Crippen LogP contribution is 2.39. The molecule has 1 saturated carbocycles. The summed E-state index contributed by atoms with van der Waals surface area (Å²) in [5.74, 6) is 2.55. The van der Waals surface area contributed by atoms with Crippen molar-refractivity contribution in [2.75, 3.05) is 16.8 Å². The van der Waals surface area contributed by atoms with E-state index in [1.807, 2.05) is 11.0 Å². The topological polar surface area (TPSA) is 82.6 Å². The number of aromatic amines is 1. The Morgan fingerprint density at radius 3 is 3.00 bits per heavy atom. The number of rotatable bonds is 4. The molecule has 0 bridgehead atoms. The van der Waals surface area contributed by atoms with E-state index in [2.05, 4.69) is 37.0 Å². The van der Waals surface area contributed by atoms with Crippen LogP contribution in [0.4, 0.5) is 17.7 Å². The van der Waals surface area contributed by atoms with Crippen molar-refractivity contribution in [3.05, 3.63) is 30.4 Å². The molecule has 0 radical (unpaired) electrons. The highest BCUT2D eigenvalue weighted by atomic mass is 15.3. The molecule has 4 rings (SSSR count). The van der Waals surface area contributed by atoms with Crippen LogP contribution < -0.4 is 10.2 Å². The molecule has 2 N–H and O–H groups in total. The molecule has 7 heteroatoms. The zero-order valence-corrected chi connectivity index (χ0v) is 11.7. The Kier molecular flexibility index (Phi) is 2.83. The van der Waals surface area contributed by atoms with E-state index in [0.29, 0.717) is 17.8 Å². The number of anilines is 3. The molecule has 0 spiro atoms. The lowest BCUT2D eigenvalue weighted by Crippen LogP contribution is -2.19. The van der Waals surface area contributed by atoms with Crippen LogP contribution in [0.25, 0.3) is 0 Å². The molecule has 0 amide bonds. The van der Waals surface area contributed by atoms with E-state index >= 15 is 0 Å². The monoisotopic (exact) mass is 283 g/mol. The summed E-state index contributed by atoms with van der Waals surface area (Å²) in [5, 5.41) is 10.4. The normalized spacial score (nSPS) is 18.3. The fourth-order valence-electron chi connectivity index (χ4n) is 2.57. The maximum absolute atomic E-state index is 4.45. The predicted octanol–water partition coefficient (Wildman–Crippen LogP) is 2.33. The van der Waals surface area contributed by atoms with Gasteiger partial charge in [-0.25, -0.2) is 9.97 Å². The Balaban J connectivity index is 1.52. The molecule has 21 heavy (non-hydrogen) atoms. The summed E-state index contributed by atoms with van der Waals surface area (Å²) in [6.07, 6.45) is 6.10. The third-order valence-electron chi connectivity index (χ3n) is 3.88. The Morgan fingerprint density at radius 1 is 1.33 bits per heavy atom. The Morgan fingerprint density at radius 2 is 2.24 bits per heavy atom. The number of hydrogen-bond donors (Lipinski definition) is 2. The fraction of sp³-hybridized carbons (Fsp3) is 0.429. The van der Waals surface area contributed by atoms with Gasteiger partial charge in [-0.15, -0.1) is 0 Å². The van der Waals surface area contributed by atoms with E-state index in [9.17, 15) is 0 Å². The third-order valence-corrected chi connectivity index (χ3v) is 3.88. The van der Waals surface area contributed by atoms with Crippen molar-refractivity contribution in [2.45, 2.75) is 31.6 Å². The van der Waals surface area contributed by atoms with Gasteiger partial charge in [0.1, 0.15) is 6.33 Å². The number of hydrogen-bond acceptors (Lipinski definition) is 6. The van der Waals surface area contributed by atoms with Gasteiger partial charge in [-0.05, 0) is 25.7 Å². The molecule has 108 valence electrons. The molecular formula is C14H17N7. The van der Waals surface area contributed by atoms with Gasteiger partial charge in [0.05, 0.1) is 0 Å². The standard InChI is InChI=1S/C14H17N7/c1-9-3-2-6-21(9)14-16-8-15-13(18-14)17-12-7-11(19-20-12)10-4-5-10/h7-8,10H,1-6H2,(H2,15,16,17,18,19,20). The average molecular weight is 283 g/mol. The van der Waals surface area contributed by atoms with Crippen molar-refractivity contribution in [1.82, 2.24) is 25.1 Å². The lowest BCUT2D eigenvalue weighted by molar-refractivity contribution is 0.907. The summed E-state index contributed by atoms with van der Waals surface area (Å²) >= 11 is 0. The Bertz CT molecular complexity index is 673. The molecule has 2 aromatic rings. The molecule has 2 aliphatic rings. The van der Waals surface area contributed by atoms with Gasteiger partial charge in [0.2, 0.25) is 11.9 Å². The summed E-state index contributed by atoms with van der Waals surface area (Å²) in [5.41, 5.74) is 2.24. The maximum atomic E-state index is 4.45. The number of H-pyrrole nitrogens is 1. The van der Waals surface area contributed by atoms with Crippen LogP contribution in [0.3, 0.4) is 0 Å². The zero-order valence-electron chi connectivity index (χ0n) is 11.7. The minimum atomic E-state index is 0.508. The number of allylic oxidation sites excluding steroid dienone is 1. The lowest BCUT2D eigenvalue weighted by atomic mass is 10.3. The van der Waals surface area contributed by atoms with Crippen LogP contribution in [0.2, 0.25) is 0 Å². The van der Waals surface area contributed by atoms with Gasteiger partial charge in [-0.1, -0.05) is 6.58 Å². The molecule has 2 aromatic heterocycles. The van der Waals surface area contributed by atoms with E-state index in [4.69, 9.17) is 0 Å². The Labute approximate surface area is 122 Å². The summed E-state index contributed by atoms with van der Waals surface area (Å²) < 4.78 is 0. The van der Waals surface area contributed by atoms with Crippen LogP contribution in [0.15, 0.2) is 24.7 Å². The van der Waals surface area contributed by atoms with Gasteiger partial charge in [-0.3, -0.25) is 5.10 Å². The van der Waals surface area contributed by atoms with Gasteiger partial charge < -0.3 is 10.2 Å². The van der Waals surface area contributed by atoms with E-state index in [1.54, 1.807) is 0 Å². The lowest BCUT2D eigenvalue weighted by Gasteiger charge is -2.16. The SMILES string of the molecule is C=C1CCCN1c1ncnc(Nc2cc(C3CC3)[nH]n2)n1. The number of aromatic nitrogens is 5.